The lowest BCUT2D eigenvalue weighted by Crippen LogP contribution is -2.41. The summed E-state index contributed by atoms with van der Waals surface area (Å²) in [5.74, 6) is 0.840. The van der Waals surface area contributed by atoms with E-state index in [9.17, 15) is 0 Å². The van der Waals surface area contributed by atoms with Gasteiger partial charge in [0.05, 0.1) is 0 Å². The van der Waals surface area contributed by atoms with Crippen LogP contribution in [0, 0.1) is 0 Å². The molecule has 0 aliphatic rings. The van der Waals surface area contributed by atoms with Crippen molar-refractivity contribution in [2.75, 3.05) is 54.5 Å². The largest absolute Gasteiger partial charge is 0.385 e. The zero-order valence-electron chi connectivity index (χ0n) is 18.1. The Kier molecular flexibility index (Phi) is 11.7. The van der Waals surface area contributed by atoms with Gasteiger partial charge in [-0.25, -0.2) is 0 Å². The normalized spacial score (nSPS) is 12.3. The average molecular weight is 378 g/mol. The van der Waals surface area contributed by atoms with Crippen LogP contribution in [0.1, 0.15) is 31.4 Å². The van der Waals surface area contributed by atoms with E-state index in [4.69, 9.17) is 4.74 Å². The first kappa shape index (κ1) is 23.4. The minimum absolute atomic E-state index is 0.529. The van der Waals surface area contributed by atoms with Crippen molar-refractivity contribution in [1.29, 1.82) is 0 Å². The standard InChI is InChI=1S/C21H39N5O/c1-18(2)26(5)17-20-11-8-7-10-19(20)16-24-21(22-3)23-12-14-25(4)13-9-15-27-6/h7-8,10-11,18H,9,12-17H2,1-6H3,(H2,22,23,24). The predicted molar refractivity (Wildman–Crippen MR) is 115 cm³/mol. The van der Waals surface area contributed by atoms with Crippen molar-refractivity contribution in [2.45, 2.75) is 39.4 Å². The quantitative estimate of drug-likeness (QED) is 0.332. The van der Waals surface area contributed by atoms with Crippen molar-refractivity contribution >= 4 is 5.96 Å². The van der Waals surface area contributed by atoms with Gasteiger partial charge in [-0.15, -0.1) is 0 Å². The maximum atomic E-state index is 5.10. The molecule has 1 aromatic carbocycles. The molecule has 0 unspecified atom stereocenters. The van der Waals surface area contributed by atoms with E-state index in [-0.39, 0.29) is 0 Å². The molecule has 0 saturated heterocycles. The maximum Gasteiger partial charge on any atom is 0.191 e. The molecule has 27 heavy (non-hydrogen) atoms. The Balaban J connectivity index is 2.44. The van der Waals surface area contributed by atoms with E-state index >= 15 is 0 Å². The van der Waals surface area contributed by atoms with E-state index in [1.54, 1.807) is 7.11 Å². The number of rotatable bonds is 12. The highest BCUT2D eigenvalue weighted by Gasteiger charge is 2.08. The average Bonchev–Trinajstić information content (AvgIpc) is 2.65. The van der Waals surface area contributed by atoms with Gasteiger partial charge in [0.1, 0.15) is 0 Å². The summed E-state index contributed by atoms with van der Waals surface area (Å²) in [5, 5.41) is 6.83. The highest BCUT2D eigenvalue weighted by molar-refractivity contribution is 5.79. The molecule has 0 aliphatic carbocycles. The van der Waals surface area contributed by atoms with Crippen molar-refractivity contribution in [3.05, 3.63) is 35.4 Å². The topological polar surface area (TPSA) is 52.1 Å². The van der Waals surface area contributed by atoms with Crippen LogP contribution in [-0.2, 0) is 17.8 Å². The van der Waals surface area contributed by atoms with Crippen molar-refractivity contribution in [3.63, 3.8) is 0 Å². The minimum Gasteiger partial charge on any atom is -0.385 e. The molecule has 0 radical (unpaired) electrons. The number of hydrogen-bond acceptors (Lipinski definition) is 4. The third-order valence-electron chi connectivity index (χ3n) is 4.76. The first-order chi connectivity index (χ1) is 13.0. The lowest BCUT2D eigenvalue weighted by Gasteiger charge is -2.23. The number of methoxy groups -OCH3 is 1. The Morgan fingerprint density at radius 2 is 1.81 bits per heavy atom. The number of nitrogens with zero attached hydrogens (tertiary/aromatic N) is 3. The van der Waals surface area contributed by atoms with Crippen LogP contribution >= 0.6 is 0 Å². The van der Waals surface area contributed by atoms with E-state index in [1.165, 1.54) is 11.1 Å². The van der Waals surface area contributed by atoms with Gasteiger partial charge in [0, 0.05) is 59.5 Å². The molecular formula is C21H39N5O. The molecule has 0 atom stereocenters. The lowest BCUT2D eigenvalue weighted by atomic mass is 10.1. The Bertz CT molecular complexity index is 547. The Hall–Kier alpha value is -1.63. The molecule has 0 aromatic heterocycles. The molecule has 6 heteroatoms. The van der Waals surface area contributed by atoms with Crippen LogP contribution in [0.15, 0.2) is 29.3 Å². The first-order valence-electron chi connectivity index (χ1n) is 9.87. The van der Waals surface area contributed by atoms with Gasteiger partial charge in [-0.05, 0) is 45.5 Å². The van der Waals surface area contributed by atoms with Crippen molar-refractivity contribution in [3.8, 4) is 0 Å². The van der Waals surface area contributed by atoms with Gasteiger partial charge in [0.15, 0.2) is 5.96 Å². The predicted octanol–water partition coefficient (Wildman–Crippen LogP) is 2.16. The second-order valence-electron chi connectivity index (χ2n) is 7.28. The zero-order chi connectivity index (χ0) is 20.1. The maximum absolute atomic E-state index is 5.10. The number of aliphatic imine (C=N–C) groups is 1. The van der Waals surface area contributed by atoms with Crippen LogP contribution in [0.2, 0.25) is 0 Å². The van der Waals surface area contributed by atoms with E-state index in [2.05, 4.69) is 77.6 Å². The number of nitrogens with one attached hydrogen (secondary N) is 2. The molecule has 0 amide bonds. The van der Waals surface area contributed by atoms with Gasteiger partial charge in [0.2, 0.25) is 0 Å². The summed E-state index contributed by atoms with van der Waals surface area (Å²) in [7, 11) is 7.86. The fraction of sp³-hybridized carbons (Fsp3) is 0.667. The van der Waals surface area contributed by atoms with E-state index in [1.807, 2.05) is 7.05 Å². The zero-order valence-corrected chi connectivity index (χ0v) is 18.1. The number of hydrogen-bond donors (Lipinski definition) is 2. The molecule has 0 aliphatic heterocycles. The molecule has 1 aromatic rings. The second kappa shape index (κ2) is 13.5. The number of guanidine groups is 1. The minimum atomic E-state index is 0.529. The third-order valence-corrected chi connectivity index (χ3v) is 4.76. The molecule has 6 nitrogen and oxygen atoms in total. The van der Waals surface area contributed by atoms with Gasteiger partial charge in [-0.2, -0.15) is 0 Å². The number of benzene rings is 1. The van der Waals surface area contributed by atoms with Crippen LogP contribution in [-0.4, -0.2) is 76.3 Å². The van der Waals surface area contributed by atoms with Crippen molar-refractivity contribution in [1.82, 2.24) is 20.4 Å². The molecule has 0 bridgehead atoms. The van der Waals surface area contributed by atoms with Crippen LogP contribution in [0.5, 0.6) is 0 Å². The SMILES string of the molecule is CN=C(NCCN(C)CCCOC)NCc1ccccc1CN(C)C(C)C. The molecule has 2 N–H and O–H groups in total. The molecule has 1 rings (SSSR count). The Morgan fingerprint density at radius 1 is 1.11 bits per heavy atom. The molecule has 154 valence electrons. The van der Waals surface area contributed by atoms with Gasteiger partial charge >= 0.3 is 0 Å². The first-order valence-corrected chi connectivity index (χ1v) is 9.87. The van der Waals surface area contributed by atoms with E-state index in [0.717, 1.165) is 51.7 Å². The smallest absolute Gasteiger partial charge is 0.191 e. The van der Waals surface area contributed by atoms with Crippen LogP contribution in [0.4, 0.5) is 0 Å². The van der Waals surface area contributed by atoms with Crippen molar-refractivity contribution < 1.29 is 4.74 Å². The lowest BCUT2D eigenvalue weighted by molar-refractivity contribution is 0.180. The van der Waals surface area contributed by atoms with E-state index < -0.39 is 0 Å². The Labute approximate surface area is 166 Å². The summed E-state index contributed by atoms with van der Waals surface area (Å²) in [6.45, 7) is 9.85. The molecule has 0 fully saturated rings. The fourth-order valence-corrected chi connectivity index (χ4v) is 2.69. The molecule has 0 spiro atoms. The summed E-state index contributed by atoms with van der Waals surface area (Å²) < 4.78 is 5.10. The van der Waals surface area contributed by atoms with Gasteiger partial charge in [0.25, 0.3) is 0 Å². The van der Waals surface area contributed by atoms with Crippen LogP contribution < -0.4 is 10.6 Å². The molecule has 0 heterocycles. The van der Waals surface area contributed by atoms with Gasteiger partial charge < -0.3 is 20.3 Å². The summed E-state index contributed by atoms with van der Waals surface area (Å²) in [6, 6.07) is 9.14. The molecular weight excluding hydrogens is 338 g/mol. The highest BCUT2D eigenvalue weighted by Crippen LogP contribution is 2.12. The van der Waals surface area contributed by atoms with Crippen molar-refractivity contribution in [2.24, 2.45) is 4.99 Å². The van der Waals surface area contributed by atoms with E-state index in [0.29, 0.717) is 6.04 Å². The fourth-order valence-electron chi connectivity index (χ4n) is 2.69. The third kappa shape index (κ3) is 9.75. The summed E-state index contributed by atoms with van der Waals surface area (Å²) >= 11 is 0. The molecule has 0 saturated carbocycles. The number of likely N-dealkylation sites (N-methyl/N-ethyl adjacent to an activating group) is 1. The Morgan fingerprint density at radius 3 is 2.44 bits per heavy atom. The number of ether oxygens (including phenoxy) is 1. The summed E-state index contributed by atoms with van der Waals surface area (Å²) in [6.07, 6.45) is 1.06. The monoisotopic (exact) mass is 377 g/mol. The highest BCUT2D eigenvalue weighted by atomic mass is 16.5. The van der Waals surface area contributed by atoms with Crippen LogP contribution in [0.25, 0.3) is 0 Å². The second-order valence-corrected chi connectivity index (χ2v) is 7.28. The van der Waals surface area contributed by atoms with Crippen LogP contribution in [0.3, 0.4) is 0 Å². The van der Waals surface area contributed by atoms with Gasteiger partial charge in [-0.3, -0.25) is 9.89 Å². The van der Waals surface area contributed by atoms with Gasteiger partial charge in [-0.1, -0.05) is 24.3 Å². The summed E-state index contributed by atoms with van der Waals surface area (Å²) in [5.41, 5.74) is 2.67. The summed E-state index contributed by atoms with van der Waals surface area (Å²) in [4.78, 5) is 8.99.